The quantitative estimate of drug-likeness (QED) is 0.305. The number of carbonyl (C=O) groups excluding carboxylic acids is 2. The zero-order valence-electron chi connectivity index (χ0n) is 23.0. The van der Waals surface area contributed by atoms with Crippen LogP contribution in [0.4, 0.5) is 5.69 Å². The van der Waals surface area contributed by atoms with E-state index in [0.29, 0.717) is 5.69 Å². The predicted octanol–water partition coefficient (Wildman–Crippen LogP) is 5.59. The van der Waals surface area contributed by atoms with E-state index in [9.17, 15) is 18.0 Å². The number of hydrogen-bond acceptors (Lipinski definition) is 4. The van der Waals surface area contributed by atoms with Crippen molar-refractivity contribution in [3.05, 3.63) is 94.0 Å². The molecule has 0 aliphatic rings. The third kappa shape index (κ3) is 7.92. The summed E-state index contributed by atoms with van der Waals surface area (Å²) < 4.78 is 29.7. The van der Waals surface area contributed by atoms with Gasteiger partial charge in [-0.1, -0.05) is 70.4 Å². The van der Waals surface area contributed by atoms with Crippen molar-refractivity contribution in [1.82, 2.24) is 10.2 Å². The summed E-state index contributed by atoms with van der Waals surface area (Å²) in [5, 5.41) is 2.94. The lowest BCUT2D eigenvalue weighted by Gasteiger charge is -2.32. The maximum absolute atomic E-state index is 13.9. The fraction of sp³-hybridized carbons (Fsp3) is 0.333. The summed E-state index contributed by atoms with van der Waals surface area (Å²) >= 11 is 3.42. The van der Waals surface area contributed by atoms with Crippen LogP contribution in [0.1, 0.15) is 43.9 Å². The van der Waals surface area contributed by atoms with E-state index in [1.807, 2.05) is 52.0 Å². The Morgan fingerprint density at radius 1 is 0.872 bits per heavy atom. The molecule has 0 fully saturated rings. The van der Waals surface area contributed by atoms with Gasteiger partial charge in [0.1, 0.15) is 12.6 Å². The fourth-order valence-electron chi connectivity index (χ4n) is 3.91. The second-order valence-electron chi connectivity index (χ2n) is 9.80. The summed E-state index contributed by atoms with van der Waals surface area (Å²) in [4.78, 5) is 28.6. The molecule has 0 unspecified atom stereocenters. The van der Waals surface area contributed by atoms with Crippen molar-refractivity contribution in [2.75, 3.05) is 10.8 Å². The molecule has 3 rings (SSSR count). The second-order valence-corrected chi connectivity index (χ2v) is 12.6. The van der Waals surface area contributed by atoms with Crippen LogP contribution in [-0.4, -0.2) is 43.8 Å². The SMILES string of the molecule is CC[C@H](C)NC(=O)[C@@H](C)N(Cc1ccc(Br)cc1)C(=O)CN(c1ccc(C)cc1)S(=O)(=O)c1ccc(C)cc1. The topological polar surface area (TPSA) is 86.8 Å². The van der Waals surface area contributed by atoms with E-state index < -0.39 is 28.5 Å². The van der Waals surface area contributed by atoms with Crippen LogP contribution >= 0.6 is 15.9 Å². The molecule has 208 valence electrons. The molecule has 9 heteroatoms. The number of carbonyl (C=O) groups is 2. The molecule has 0 heterocycles. The molecule has 39 heavy (non-hydrogen) atoms. The largest absolute Gasteiger partial charge is 0.352 e. The molecule has 3 aromatic carbocycles. The smallest absolute Gasteiger partial charge is 0.264 e. The number of anilines is 1. The van der Waals surface area contributed by atoms with Crippen molar-refractivity contribution >= 4 is 43.5 Å². The zero-order chi connectivity index (χ0) is 28.7. The highest BCUT2D eigenvalue weighted by atomic mass is 79.9. The van der Waals surface area contributed by atoms with Gasteiger partial charge in [0.05, 0.1) is 10.6 Å². The molecule has 0 saturated carbocycles. The highest BCUT2D eigenvalue weighted by molar-refractivity contribution is 9.10. The molecule has 2 amide bonds. The Hall–Kier alpha value is -3.17. The summed E-state index contributed by atoms with van der Waals surface area (Å²) in [6, 6.07) is 20.1. The molecular formula is C30H36BrN3O4S. The minimum Gasteiger partial charge on any atom is -0.352 e. The van der Waals surface area contributed by atoms with Crippen molar-refractivity contribution < 1.29 is 18.0 Å². The van der Waals surface area contributed by atoms with Crippen molar-refractivity contribution in [1.29, 1.82) is 0 Å². The van der Waals surface area contributed by atoms with E-state index in [1.165, 1.54) is 17.0 Å². The summed E-state index contributed by atoms with van der Waals surface area (Å²) in [5.41, 5.74) is 3.08. The molecular weight excluding hydrogens is 578 g/mol. The highest BCUT2D eigenvalue weighted by Crippen LogP contribution is 2.25. The number of sulfonamides is 1. The number of amides is 2. The lowest BCUT2D eigenvalue weighted by molar-refractivity contribution is -0.139. The van der Waals surface area contributed by atoms with E-state index >= 15 is 0 Å². The van der Waals surface area contributed by atoms with E-state index in [0.717, 1.165) is 31.9 Å². The van der Waals surface area contributed by atoms with Gasteiger partial charge >= 0.3 is 0 Å². The van der Waals surface area contributed by atoms with Crippen LogP contribution in [0.3, 0.4) is 0 Å². The average molecular weight is 615 g/mol. The van der Waals surface area contributed by atoms with Gasteiger partial charge in [0.2, 0.25) is 11.8 Å². The molecule has 0 radical (unpaired) electrons. The predicted molar refractivity (Wildman–Crippen MR) is 159 cm³/mol. The second kappa shape index (κ2) is 13.3. The normalized spacial score (nSPS) is 12.9. The van der Waals surface area contributed by atoms with Gasteiger partial charge in [-0.15, -0.1) is 0 Å². The Balaban J connectivity index is 2.01. The van der Waals surface area contributed by atoms with Crippen LogP contribution < -0.4 is 9.62 Å². The first-order valence-electron chi connectivity index (χ1n) is 12.9. The summed E-state index contributed by atoms with van der Waals surface area (Å²) in [6.45, 7) is 9.01. The molecule has 0 aromatic heterocycles. The summed E-state index contributed by atoms with van der Waals surface area (Å²) in [5.74, 6) is -0.779. The molecule has 0 spiro atoms. The van der Waals surface area contributed by atoms with Crippen LogP contribution in [0.15, 0.2) is 82.2 Å². The van der Waals surface area contributed by atoms with Crippen molar-refractivity contribution in [3.63, 3.8) is 0 Å². The molecule has 7 nitrogen and oxygen atoms in total. The van der Waals surface area contributed by atoms with Crippen molar-refractivity contribution in [2.24, 2.45) is 0 Å². The lowest BCUT2D eigenvalue weighted by atomic mass is 10.1. The third-order valence-corrected chi connectivity index (χ3v) is 8.96. The fourth-order valence-corrected chi connectivity index (χ4v) is 5.59. The molecule has 1 N–H and O–H groups in total. The molecule has 3 aromatic rings. The number of nitrogens with one attached hydrogen (secondary N) is 1. The van der Waals surface area contributed by atoms with Crippen molar-refractivity contribution in [3.8, 4) is 0 Å². The monoisotopic (exact) mass is 613 g/mol. The molecule has 2 atom stereocenters. The first-order chi connectivity index (χ1) is 18.4. The van der Waals surface area contributed by atoms with Crippen molar-refractivity contribution in [2.45, 2.75) is 64.6 Å². The Labute approximate surface area is 240 Å². The number of halogens is 1. The number of benzene rings is 3. The minimum absolute atomic E-state index is 0.0597. The summed E-state index contributed by atoms with van der Waals surface area (Å²) in [6.07, 6.45) is 0.745. The lowest BCUT2D eigenvalue weighted by Crippen LogP contribution is -2.52. The van der Waals surface area contributed by atoms with Gasteiger partial charge in [0.15, 0.2) is 0 Å². The van der Waals surface area contributed by atoms with Gasteiger partial charge < -0.3 is 10.2 Å². The van der Waals surface area contributed by atoms with Gasteiger partial charge in [-0.05, 0) is 76.1 Å². The van der Waals surface area contributed by atoms with Gasteiger partial charge in [-0.2, -0.15) is 0 Å². The maximum Gasteiger partial charge on any atom is 0.264 e. The zero-order valence-corrected chi connectivity index (χ0v) is 25.4. The van der Waals surface area contributed by atoms with Crippen LogP contribution in [0.5, 0.6) is 0 Å². The van der Waals surface area contributed by atoms with E-state index in [-0.39, 0.29) is 23.4 Å². The standard InChI is InChI=1S/C30H36BrN3O4S/c1-6-23(4)32-30(36)24(5)33(19-25-11-13-26(31)14-12-25)29(35)20-34(27-15-7-21(2)8-16-27)39(37,38)28-17-9-22(3)10-18-28/h7-18,23-24H,6,19-20H2,1-5H3,(H,32,36)/t23-,24+/m0/s1. The van der Waals surface area contributed by atoms with Gasteiger partial charge in [0, 0.05) is 17.1 Å². The number of hydrogen-bond donors (Lipinski definition) is 1. The Morgan fingerprint density at radius 3 is 1.95 bits per heavy atom. The molecule has 0 saturated heterocycles. The average Bonchev–Trinajstić information content (AvgIpc) is 2.91. The Kier molecular flexibility index (Phi) is 10.3. The summed E-state index contributed by atoms with van der Waals surface area (Å²) in [7, 11) is -4.08. The number of rotatable bonds is 11. The van der Waals surface area contributed by atoms with Crippen LogP contribution in [0.2, 0.25) is 0 Å². The van der Waals surface area contributed by atoms with Crippen LogP contribution in [-0.2, 0) is 26.2 Å². The first-order valence-corrected chi connectivity index (χ1v) is 15.2. The number of aryl methyl sites for hydroxylation is 2. The molecule has 0 aliphatic heterocycles. The van der Waals surface area contributed by atoms with E-state index in [4.69, 9.17) is 0 Å². The van der Waals surface area contributed by atoms with Gasteiger partial charge in [-0.25, -0.2) is 8.42 Å². The van der Waals surface area contributed by atoms with Crippen LogP contribution in [0.25, 0.3) is 0 Å². The van der Waals surface area contributed by atoms with Gasteiger partial charge in [0.25, 0.3) is 10.0 Å². The maximum atomic E-state index is 13.9. The Morgan fingerprint density at radius 2 is 1.41 bits per heavy atom. The minimum atomic E-state index is -4.08. The first kappa shape index (κ1) is 30.4. The molecule has 0 bridgehead atoms. The third-order valence-electron chi connectivity index (χ3n) is 6.64. The Bertz CT molecular complexity index is 1380. The molecule has 0 aliphatic carbocycles. The van der Waals surface area contributed by atoms with E-state index in [2.05, 4.69) is 21.2 Å². The highest BCUT2D eigenvalue weighted by Gasteiger charge is 2.32. The van der Waals surface area contributed by atoms with E-state index in [1.54, 1.807) is 43.3 Å². The van der Waals surface area contributed by atoms with Gasteiger partial charge in [-0.3, -0.25) is 13.9 Å². The van der Waals surface area contributed by atoms with Crippen LogP contribution in [0, 0.1) is 13.8 Å². The number of nitrogens with zero attached hydrogens (tertiary/aromatic N) is 2.